The van der Waals surface area contributed by atoms with Crippen molar-refractivity contribution in [2.45, 2.75) is 51.6 Å². The highest BCUT2D eigenvalue weighted by atomic mass is 16.3. The van der Waals surface area contributed by atoms with Crippen LogP contribution in [0.15, 0.2) is 24.3 Å². The topological polar surface area (TPSA) is 32.3 Å². The van der Waals surface area contributed by atoms with Crippen LogP contribution in [0.4, 0.5) is 0 Å². The quantitative estimate of drug-likeness (QED) is 0.877. The van der Waals surface area contributed by atoms with E-state index < -0.39 is 0 Å². The molecule has 2 unspecified atom stereocenters. The lowest BCUT2D eigenvalue weighted by Gasteiger charge is -2.27. The second-order valence-corrected chi connectivity index (χ2v) is 6.82. The van der Waals surface area contributed by atoms with Crippen molar-refractivity contribution in [3.63, 3.8) is 0 Å². The van der Waals surface area contributed by atoms with E-state index in [0.29, 0.717) is 5.92 Å². The summed E-state index contributed by atoms with van der Waals surface area (Å²) in [4.78, 5) is 0. The standard InChI is InChI=1S/C17H27NO/c1-17(2,3)15-8-6-13(7-9-15)11-16(19)14-5-4-10-18-12-14/h6-9,14,16,18-19H,4-5,10-12H2,1-3H3. The van der Waals surface area contributed by atoms with Gasteiger partial charge >= 0.3 is 0 Å². The molecule has 0 aromatic heterocycles. The zero-order chi connectivity index (χ0) is 13.9. The fraction of sp³-hybridized carbons (Fsp3) is 0.647. The zero-order valence-corrected chi connectivity index (χ0v) is 12.4. The molecule has 2 heteroatoms. The van der Waals surface area contributed by atoms with Crippen LogP contribution in [-0.2, 0) is 11.8 Å². The van der Waals surface area contributed by atoms with E-state index in [4.69, 9.17) is 0 Å². The van der Waals surface area contributed by atoms with Crippen molar-refractivity contribution in [2.24, 2.45) is 5.92 Å². The first-order valence-electron chi connectivity index (χ1n) is 7.45. The molecule has 0 aliphatic carbocycles. The molecule has 1 aromatic rings. The minimum atomic E-state index is -0.215. The molecule has 1 aromatic carbocycles. The molecule has 0 spiro atoms. The van der Waals surface area contributed by atoms with Crippen molar-refractivity contribution in [1.29, 1.82) is 0 Å². The van der Waals surface area contributed by atoms with Crippen LogP contribution < -0.4 is 5.32 Å². The fourth-order valence-corrected chi connectivity index (χ4v) is 2.76. The summed E-state index contributed by atoms with van der Waals surface area (Å²) in [6.45, 7) is 8.74. The predicted octanol–water partition coefficient (Wildman–Crippen LogP) is 2.89. The van der Waals surface area contributed by atoms with Crippen molar-refractivity contribution in [3.05, 3.63) is 35.4 Å². The lowest BCUT2D eigenvalue weighted by Crippen LogP contribution is -2.37. The number of rotatable bonds is 3. The number of nitrogens with one attached hydrogen (secondary N) is 1. The van der Waals surface area contributed by atoms with Crippen LogP contribution >= 0.6 is 0 Å². The first kappa shape index (κ1) is 14.5. The number of piperidine rings is 1. The van der Waals surface area contributed by atoms with Gasteiger partial charge in [-0.3, -0.25) is 0 Å². The van der Waals surface area contributed by atoms with E-state index in [0.717, 1.165) is 25.9 Å². The Morgan fingerprint density at radius 3 is 2.47 bits per heavy atom. The lowest BCUT2D eigenvalue weighted by atomic mass is 9.85. The van der Waals surface area contributed by atoms with Crippen LogP contribution in [0.1, 0.15) is 44.7 Å². The number of benzene rings is 1. The summed E-state index contributed by atoms with van der Waals surface area (Å²) in [5.41, 5.74) is 2.79. The third kappa shape index (κ3) is 4.05. The van der Waals surface area contributed by atoms with Gasteiger partial charge in [-0.2, -0.15) is 0 Å². The Labute approximate surface area is 117 Å². The molecule has 1 aliphatic heterocycles. The van der Waals surface area contributed by atoms with Gasteiger partial charge in [0, 0.05) is 6.54 Å². The van der Waals surface area contributed by atoms with E-state index in [2.05, 4.69) is 50.4 Å². The fourth-order valence-electron chi connectivity index (χ4n) is 2.76. The third-order valence-electron chi connectivity index (χ3n) is 4.14. The molecule has 1 fully saturated rings. The van der Waals surface area contributed by atoms with Crippen molar-refractivity contribution < 1.29 is 5.11 Å². The highest BCUT2D eigenvalue weighted by molar-refractivity contribution is 5.27. The molecule has 0 bridgehead atoms. The van der Waals surface area contributed by atoms with Crippen LogP contribution in [0.2, 0.25) is 0 Å². The van der Waals surface area contributed by atoms with Gasteiger partial charge in [-0.05, 0) is 48.3 Å². The number of hydrogen-bond donors (Lipinski definition) is 2. The highest BCUT2D eigenvalue weighted by Gasteiger charge is 2.21. The second-order valence-electron chi connectivity index (χ2n) is 6.82. The first-order valence-corrected chi connectivity index (χ1v) is 7.45. The molecule has 1 heterocycles. The van der Waals surface area contributed by atoms with E-state index in [9.17, 15) is 5.11 Å². The molecule has 1 aliphatic rings. The Morgan fingerprint density at radius 2 is 1.95 bits per heavy atom. The smallest absolute Gasteiger partial charge is 0.0620 e. The Balaban J connectivity index is 1.95. The average molecular weight is 261 g/mol. The van der Waals surface area contributed by atoms with Gasteiger partial charge in [0.05, 0.1) is 6.10 Å². The van der Waals surface area contributed by atoms with Gasteiger partial charge in [-0.25, -0.2) is 0 Å². The van der Waals surface area contributed by atoms with Crippen molar-refractivity contribution in [1.82, 2.24) is 5.32 Å². The van der Waals surface area contributed by atoms with Gasteiger partial charge < -0.3 is 10.4 Å². The molecule has 2 nitrogen and oxygen atoms in total. The molecule has 0 amide bonds. The van der Waals surface area contributed by atoms with E-state index in [1.54, 1.807) is 0 Å². The average Bonchev–Trinajstić information content (AvgIpc) is 2.39. The monoisotopic (exact) mass is 261 g/mol. The Morgan fingerprint density at radius 1 is 1.26 bits per heavy atom. The van der Waals surface area contributed by atoms with Crippen molar-refractivity contribution in [2.75, 3.05) is 13.1 Å². The maximum absolute atomic E-state index is 10.3. The number of hydrogen-bond acceptors (Lipinski definition) is 2. The van der Waals surface area contributed by atoms with E-state index >= 15 is 0 Å². The predicted molar refractivity (Wildman–Crippen MR) is 80.4 cm³/mol. The molecular formula is C17H27NO. The second kappa shape index (κ2) is 6.06. The SMILES string of the molecule is CC(C)(C)c1ccc(CC(O)C2CCCNC2)cc1. The molecule has 0 saturated carbocycles. The molecular weight excluding hydrogens is 234 g/mol. The van der Waals surface area contributed by atoms with Crippen LogP contribution in [0, 0.1) is 5.92 Å². The first-order chi connectivity index (χ1) is 8.97. The maximum atomic E-state index is 10.3. The van der Waals surface area contributed by atoms with E-state index in [-0.39, 0.29) is 11.5 Å². The normalized spacial score (nSPS) is 22.2. The molecule has 19 heavy (non-hydrogen) atoms. The van der Waals surface area contributed by atoms with Crippen LogP contribution in [-0.4, -0.2) is 24.3 Å². The molecule has 2 N–H and O–H groups in total. The minimum Gasteiger partial charge on any atom is -0.392 e. The summed E-state index contributed by atoms with van der Waals surface area (Å²) >= 11 is 0. The Bertz CT molecular complexity index is 385. The van der Waals surface area contributed by atoms with Gasteiger partial charge in [0.2, 0.25) is 0 Å². The van der Waals surface area contributed by atoms with E-state index in [1.807, 2.05) is 0 Å². The van der Waals surface area contributed by atoms with Crippen molar-refractivity contribution >= 4 is 0 Å². The van der Waals surface area contributed by atoms with Crippen LogP contribution in [0.5, 0.6) is 0 Å². The maximum Gasteiger partial charge on any atom is 0.0620 e. The highest BCUT2D eigenvalue weighted by Crippen LogP contribution is 2.23. The largest absolute Gasteiger partial charge is 0.392 e. The molecule has 1 saturated heterocycles. The molecule has 0 radical (unpaired) electrons. The summed E-state index contributed by atoms with van der Waals surface area (Å²) < 4.78 is 0. The van der Waals surface area contributed by atoms with Gasteiger partial charge in [0.1, 0.15) is 0 Å². The van der Waals surface area contributed by atoms with Gasteiger partial charge in [0.15, 0.2) is 0 Å². The summed E-state index contributed by atoms with van der Waals surface area (Å²) in [6.07, 6.45) is 2.89. The molecule has 2 atom stereocenters. The van der Waals surface area contributed by atoms with Gasteiger partial charge in [0.25, 0.3) is 0 Å². The summed E-state index contributed by atoms with van der Waals surface area (Å²) in [5, 5.41) is 13.7. The summed E-state index contributed by atoms with van der Waals surface area (Å²) in [5.74, 6) is 0.413. The Hall–Kier alpha value is -0.860. The van der Waals surface area contributed by atoms with Gasteiger partial charge in [-0.15, -0.1) is 0 Å². The third-order valence-corrected chi connectivity index (χ3v) is 4.14. The zero-order valence-electron chi connectivity index (χ0n) is 12.4. The number of aliphatic hydroxyl groups excluding tert-OH is 1. The molecule has 106 valence electrons. The van der Waals surface area contributed by atoms with E-state index in [1.165, 1.54) is 17.5 Å². The lowest BCUT2D eigenvalue weighted by molar-refractivity contribution is 0.0922. The Kier molecular flexibility index (Phi) is 4.64. The van der Waals surface area contributed by atoms with Crippen LogP contribution in [0.25, 0.3) is 0 Å². The van der Waals surface area contributed by atoms with Gasteiger partial charge in [-0.1, -0.05) is 45.0 Å². The van der Waals surface area contributed by atoms with Crippen LogP contribution in [0.3, 0.4) is 0 Å². The summed E-state index contributed by atoms with van der Waals surface area (Å²) in [7, 11) is 0. The molecule has 2 rings (SSSR count). The summed E-state index contributed by atoms with van der Waals surface area (Å²) in [6, 6.07) is 8.72. The van der Waals surface area contributed by atoms with Crippen molar-refractivity contribution in [3.8, 4) is 0 Å². The minimum absolute atomic E-state index is 0.199. The number of aliphatic hydroxyl groups is 1.